The second kappa shape index (κ2) is 5.38. The monoisotopic (exact) mass is 323 g/mol. The van der Waals surface area contributed by atoms with Crippen LogP contribution in [0.15, 0.2) is 22.7 Å². The number of benzene rings is 1. The van der Waals surface area contributed by atoms with Crippen molar-refractivity contribution in [3.8, 4) is 5.69 Å². The number of tetrazole rings is 1. The summed E-state index contributed by atoms with van der Waals surface area (Å²) in [5, 5.41) is 15.3. The van der Waals surface area contributed by atoms with Crippen molar-refractivity contribution in [3.05, 3.63) is 34.1 Å². The summed E-state index contributed by atoms with van der Waals surface area (Å²) < 4.78 is 2.74. The largest absolute Gasteiger partial charge is 0.305 e. The van der Waals surface area contributed by atoms with E-state index in [0.717, 1.165) is 16.0 Å². The first-order chi connectivity index (χ1) is 8.87. The maximum atomic E-state index is 4.08. The smallest absolute Gasteiger partial charge is 0.170 e. The van der Waals surface area contributed by atoms with Gasteiger partial charge in [-0.05, 0) is 71.7 Å². The van der Waals surface area contributed by atoms with Gasteiger partial charge >= 0.3 is 0 Å². The molecule has 6 heteroatoms. The van der Waals surface area contributed by atoms with Gasteiger partial charge < -0.3 is 5.32 Å². The van der Waals surface area contributed by atoms with Gasteiger partial charge in [0.1, 0.15) is 0 Å². The van der Waals surface area contributed by atoms with Gasteiger partial charge in [0.15, 0.2) is 5.82 Å². The number of rotatable bonds is 3. The van der Waals surface area contributed by atoms with E-state index in [0.29, 0.717) is 6.54 Å². The highest BCUT2D eigenvalue weighted by atomic mass is 79.9. The van der Waals surface area contributed by atoms with Gasteiger partial charge in [0.25, 0.3) is 0 Å². The summed E-state index contributed by atoms with van der Waals surface area (Å²) in [6, 6.07) is 6.11. The molecule has 1 N–H and O–H groups in total. The first-order valence-electron chi connectivity index (χ1n) is 6.15. The van der Waals surface area contributed by atoms with Crippen LogP contribution in [0.1, 0.15) is 32.2 Å². The molecule has 1 aromatic carbocycles. The van der Waals surface area contributed by atoms with Crippen LogP contribution >= 0.6 is 15.9 Å². The highest BCUT2D eigenvalue weighted by Gasteiger charge is 2.14. The van der Waals surface area contributed by atoms with Crippen LogP contribution in [-0.2, 0) is 6.54 Å². The number of hydrogen-bond acceptors (Lipinski definition) is 4. The molecule has 0 atom stereocenters. The van der Waals surface area contributed by atoms with E-state index < -0.39 is 0 Å². The molecule has 0 saturated heterocycles. The van der Waals surface area contributed by atoms with Crippen molar-refractivity contribution in [1.29, 1.82) is 0 Å². The van der Waals surface area contributed by atoms with E-state index in [1.165, 1.54) is 5.56 Å². The average Bonchev–Trinajstić information content (AvgIpc) is 2.73. The van der Waals surface area contributed by atoms with E-state index in [-0.39, 0.29) is 5.54 Å². The lowest BCUT2D eigenvalue weighted by molar-refractivity contribution is 0.415. The Morgan fingerprint density at radius 2 is 2.05 bits per heavy atom. The molecule has 0 radical (unpaired) electrons. The number of hydrogen-bond donors (Lipinski definition) is 1. The van der Waals surface area contributed by atoms with Crippen molar-refractivity contribution in [2.75, 3.05) is 0 Å². The van der Waals surface area contributed by atoms with E-state index in [1.54, 1.807) is 4.68 Å². The summed E-state index contributed by atoms with van der Waals surface area (Å²) in [6.07, 6.45) is 0. The second-order valence-electron chi connectivity index (χ2n) is 5.57. The predicted octanol–water partition coefficient (Wildman–Crippen LogP) is 2.62. The summed E-state index contributed by atoms with van der Waals surface area (Å²) in [5.41, 5.74) is 2.17. The lowest BCUT2D eigenvalue weighted by atomic mass is 10.1. The predicted molar refractivity (Wildman–Crippen MR) is 78.2 cm³/mol. The fourth-order valence-electron chi connectivity index (χ4n) is 1.63. The molecule has 0 spiro atoms. The summed E-state index contributed by atoms with van der Waals surface area (Å²) in [7, 11) is 0. The van der Waals surface area contributed by atoms with Crippen LogP contribution in [0.5, 0.6) is 0 Å². The molecular weight excluding hydrogens is 306 g/mol. The zero-order valence-corrected chi connectivity index (χ0v) is 13.2. The Hall–Kier alpha value is -1.27. The first kappa shape index (κ1) is 14.1. The maximum absolute atomic E-state index is 4.08. The Morgan fingerprint density at radius 1 is 1.32 bits per heavy atom. The molecule has 1 aromatic heterocycles. The number of halogens is 1. The maximum Gasteiger partial charge on any atom is 0.170 e. The van der Waals surface area contributed by atoms with E-state index in [2.05, 4.69) is 70.5 Å². The summed E-state index contributed by atoms with van der Waals surface area (Å²) in [6.45, 7) is 9.02. The molecule has 1 heterocycles. The topological polar surface area (TPSA) is 55.6 Å². The van der Waals surface area contributed by atoms with Crippen molar-refractivity contribution in [1.82, 2.24) is 25.5 Å². The third kappa shape index (κ3) is 3.61. The Bertz CT molecular complexity index is 571. The van der Waals surface area contributed by atoms with Gasteiger partial charge in [0.2, 0.25) is 0 Å². The van der Waals surface area contributed by atoms with Crippen molar-refractivity contribution < 1.29 is 0 Å². The lowest BCUT2D eigenvalue weighted by Crippen LogP contribution is -2.36. The van der Waals surface area contributed by atoms with Crippen LogP contribution in [0.4, 0.5) is 0 Å². The second-order valence-corrected chi connectivity index (χ2v) is 6.42. The number of nitrogens with one attached hydrogen (secondary N) is 1. The third-order valence-corrected chi connectivity index (χ3v) is 3.28. The molecule has 2 rings (SSSR count). The normalized spacial score (nSPS) is 11.8. The summed E-state index contributed by atoms with van der Waals surface area (Å²) >= 11 is 3.56. The zero-order valence-electron chi connectivity index (χ0n) is 11.6. The molecule has 0 fully saturated rings. The molecule has 0 aliphatic heterocycles. The molecule has 5 nitrogen and oxygen atoms in total. The average molecular weight is 324 g/mol. The molecule has 0 saturated carbocycles. The molecule has 102 valence electrons. The quantitative estimate of drug-likeness (QED) is 0.943. The molecule has 0 amide bonds. The lowest BCUT2D eigenvalue weighted by Gasteiger charge is -2.20. The van der Waals surface area contributed by atoms with Crippen LogP contribution in [0, 0.1) is 6.92 Å². The molecule has 0 aliphatic carbocycles. The van der Waals surface area contributed by atoms with Gasteiger partial charge in [-0.25, -0.2) is 0 Å². The van der Waals surface area contributed by atoms with E-state index in [1.807, 2.05) is 12.1 Å². The highest BCUT2D eigenvalue weighted by molar-refractivity contribution is 9.10. The summed E-state index contributed by atoms with van der Waals surface area (Å²) in [5.74, 6) is 0.791. The van der Waals surface area contributed by atoms with Crippen LogP contribution in [0.2, 0.25) is 0 Å². The third-order valence-electron chi connectivity index (χ3n) is 2.64. The molecule has 0 aliphatic rings. The minimum absolute atomic E-state index is 0.0291. The van der Waals surface area contributed by atoms with E-state index >= 15 is 0 Å². The SMILES string of the molecule is Cc1ccc(-n2nnnc2CNC(C)(C)C)c(Br)c1. The zero-order chi connectivity index (χ0) is 14.0. The Kier molecular flexibility index (Phi) is 4.01. The van der Waals surface area contributed by atoms with Gasteiger partial charge in [0, 0.05) is 10.0 Å². The Morgan fingerprint density at radius 3 is 2.68 bits per heavy atom. The van der Waals surface area contributed by atoms with Crippen molar-refractivity contribution in [2.24, 2.45) is 0 Å². The van der Waals surface area contributed by atoms with Crippen LogP contribution in [0.25, 0.3) is 5.69 Å². The standard InChI is InChI=1S/C13H18BrN5/c1-9-5-6-11(10(14)7-9)19-12(16-17-18-19)8-15-13(2,3)4/h5-7,15H,8H2,1-4H3. The van der Waals surface area contributed by atoms with Crippen molar-refractivity contribution in [2.45, 2.75) is 39.8 Å². The summed E-state index contributed by atoms with van der Waals surface area (Å²) in [4.78, 5) is 0. The number of nitrogens with zero attached hydrogens (tertiary/aromatic N) is 4. The van der Waals surface area contributed by atoms with Crippen molar-refractivity contribution in [3.63, 3.8) is 0 Å². The molecule has 19 heavy (non-hydrogen) atoms. The van der Waals surface area contributed by atoms with E-state index in [9.17, 15) is 0 Å². The number of aryl methyl sites for hydroxylation is 1. The fourth-order valence-corrected chi connectivity index (χ4v) is 2.29. The van der Waals surface area contributed by atoms with Crippen LogP contribution < -0.4 is 5.32 Å². The fraction of sp³-hybridized carbons (Fsp3) is 0.462. The Labute approximate surface area is 121 Å². The minimum Gasteiger partial charge on any atom is -0.305 e. The van der Waals surface area contributed by atoms with E-state index in [4.69, 9.17) is 0 Å². The van der Waals surface area contributed by atoms with Gasteiger partial charge in [-0.1, -0.05) is 6.07 Å². The van der Waals surface area contributed by atoms with Crippen LogP contribution in [-0.4, -0.2) is 25.7 Å². The van der Waals surface area contributed by atoms with Gasteiger partial charge in [-0.15, -0.1) is 5.10 Å². The molecule has 2 aromatic rings. The van der Waals surface area contributed by atoms with Crippen molar-refractivity contribution >= 4 is 15.9 Å². The van der Waals surface area contributed by atoms with Crippen LogP contribution in [0.3, 0.4) is 0 Å². The van der Waals surface area contributed by atoms with Gasteiger partial charge in [0.05, 0.1) is 12.2 Å². The van der Waals surface area contributed by atoms with Gasteiger partial charge in [-0.2, -0.15) is 4.68 Å². The highest BCUT2D eigenvalue weighted by Crippen LogP contribution is 2.22. The molecular formula is C13H18BrN5. The first-order valence-corrected chi connectivity index (χ1v) is 6.95. The minimum atomic E-state index is 0.0291. The number of aromatic nitrogens is 4. The molecule has 0 bridgehead atoms. The Balaban J connectivity index is 2.28. The molecule has 0 unspecified atom stereocenters. The van der Waals surface area contributed by atoms with Gasteiger partial charge in [-0.3, -0.25) is 0 Å².